The molecule has 0 spiro atoms. The van der Waals surface area contributed by atoms with E-state index in [0.717, 1.165) is 25.0 Å². The van der Waals surface area contributed by atoms with Crippen molar-refractivity contribution in [3.05, 3.63) is 60.8 Å². The van der Waals surface area contributed by atoms with E-state index in [9.17, 15) is 0 Å². The molecule has 1 aromatic rings. The molecule has 0 heterocycles. The molecule has 1 unspecified atom stereocenters. The van der Waals surface area contributed by atoms with Gasteiger partial charge in [-0.1, -0.05) is 70.2 Å². The second kappa shape index (κ2) is 9.41. The van der Waals surface area contributed by atoms with Gasteiger partial charge in [0.1, 0.15) is 6.10 Å². The Hall–Kier alpha value is -1.54. The molecule has 0 aliphatic rings. The van der Waals surface area contributed by atoms with Crippen LogP contribution in [-0.2, 0) is 4.84 Å². The highest BCUT2D eigenvalue weighted by Crippen LogP contribution is 2.26. The fourth-order valence-electron chi connectivity index (χ4n) is 2.30. The third-order valence-electron chi connectivity index (χ3n) is 3.27. The van der Waals surface area contributed by atoms with Gasteiger partial charge in [0.15, 0.2) is 0 Å². The van der Waals surface area contributed by atoms with Crippen LogP contribution in [0, 0.1) is 5.92 Å². The minimum absolute atomic E-state index is 0.0695. The molecule has 0 saturated carbocycles. The first kappa shape index (κ1) is 17.5. The Morgan fingerprint density at radius 3 is 2.48 bits per heavy atom. The van der Waals surface area contributed by atoms with Gasteiger partial charge in [0.05, 0.1) is 6.54 Å². The van der Waals surface area contributed by atoms with Gasteiger partial charge in [-0.3, -0.25) is 9.90 Å². The van der Waals surface area contributed by atoms with Crippen molar-refractivity contribution >= 4 is 0 Å². The second-order valence-corrected chi connectivity index (χ2v) is 5.81. The first-order valence-corrected chi connectivity index (χ1v) is 7.86. The maximum absolute atomic E-state index is 6.24. The zero-order valence-electron chi connectivity index (χ0n) is 13.7. The molecule has 1 rings (SSSR count). The van der Waals surface area contributed by atoms with Gasteiger partial charge in [0.2, 0.25) is 0 Å². The first-order valence-electron chi connectivity index (χ1n) is 7.86. The van der Waals surface area contributed by atoms with Crippen molar-refractivity contribution in [1.82, 2.24) is 5.06 Å². The van der Waals surface area contributed by atoms with E-state index in [2.05, 4.69) is 58.2 Å². The highest BCUT2D eigenvalue weighted by molar-refractivity contribution is 5.17. The van der Waals surface area contributed by atoms with Crippen LogP contribution in [0.3, 0.4) is 0 Å². The minimum Gasteiger partial charge on any atom is -0.265 e. The molecule has 1 atom stereocenters. The van der Waals surface area contributed by atoms with Crippen LogP contribution < -0.4 is 0 Å². The molecule has 2 nitrogen and oxygen atoms in total. The lowest BCUT2D eigenvalue weighted by molar-refractivity contribution is -0.174. The van der Waals surface area contributed by atoms with E-state index in [-0.39, 0.29) is 6.10 Å². The summed E-state index contributed by atoms with van der Waals surface area (Å²) in [5, 5.41) is 1.90. The topological polar surface area (TPSA) is 12.5 Å². The van der Waals surface area contributed by atoms with Gasteiger partial charge in [-0.25, -0.2) is 0 Å². The summed E-state index contributed by atoms with van der Waals surface area (Å²) in [6, 6.07) is 10.4. The predicted molar refractivity (Wildman–Crippen MR) is 90.7 cm³/mol. The summed E-state index contributed by atoms with van der Waals surface area (Å²) in [5.41, 5.74) is 2.23. The van der Waals surface area contributed by atoms with Crippen molar-refractivity contribution in [3.8, 4) is 0 Å². The summed E-state index contributed by atoms with van der Waals surface area (Å²) in [4.78, 5) is 6.24. The molecule has 0 N–H and O–H groups in total. The molecule has 0 aliphatic carbocycles. The molecule has 0 saturated heterocycles. The monoisotopic (exact) mass is 287 g/mol. The second-order valence-electron chi connectivity index (χ2n) is 5.81. The summed E-state index contributed by atoms with van der Waals surface area (Å²) in [6.45, 7) is 15.2. The number of nitrogens with zero attached hydrogens (tertiary/aromatic N) is 1. The van der Waals surface area contributed by atoms with Crippen molar-refractivity contribution in [3.63, 3.8) is 0 Å². The van der Waals surface area contributed by atoms with Crippen LogP contribution in [0.25, 0.3) is 0 Å². The molecular weight excluding hydrogens is 258 g/mol. The molecule has 116 valence electrons. The summed E-state index contributed by atoms with van der Waals surface area (Å²) >= 11 is 0. The van der Waals surface area contributed by atoms with Gasteiger partial charge in [-0.05, 0) is 24.3 Å². The summed E-state index contributed by atoms with van der Waals surface area (Å²) in [6.07, 6.45) is 4.94. The van der Waals surface area contributed by atoms with Crippen LogP contribution in [0.5, 0.6) is 0 Å². The molecule has 0 fully saturated rings. The van der Waals surface area contributed by atoms with Crippen molar-refractivity contribution < 1.29 is 4.84 Å². The summed E-state index contributed by atoms with van der Waals surface area (Å²) < 4.78 is 0. The van der Waals surface area contributed by atoms with E-state index in [4.69, 9.17) is 4.84 Å². The molecule has 0 amide bonds. The van der Waals surface area contributed by atoms with Gasteiger partial charge in [0.25, 0.3) is 0 Å². The van der Waals surface area contributed by atoms with E-state index in [1.165, 1.54) is 5.56 Å². The van der Waals surface area contributed by atoms with Crippen LogP contribution in [-0.4, -0.2) is 11.6 Å². The van der Waals surface area contributed by atoms with Gasteiger partial charge in [-0.2, -0.15) is 0 Å². The number of benzene rings is 1. The Balaban J connectivity index is 2.81. The third-order valence-corrected chi connectivity index (χ3v) is 3.27. The number of rotatable bonds is 10. The van der Waals surface area contributed by atoms with Crippen LogP contribution in [0.2, 0.25) is 0 Å². The number of hydrogen-bond donors (Lipinski definition) is 0. The number of hydrogen-bond acceptors (Lipinski definition) is 2. The predicted octanol–water partition coefficient (Wildman–Crippen LogP) is 5.51. The SMILES string of the molecule is C=CCN(OC(CCC)c1ccccc1)C(=C)CC(C)C. The van der Waals surface area contributed by atoms with Crippen molar-refractivity contribution in [2.24, 2.45) is 5.92 Å². The number of hydroxylamine groups is 2. The zero-order valence-corrected chi connectivity index (χ0v) is 13.7. The minimum atomic E-state index is 0.0695. The smallest absolute Gasteiger partial charge is 0.111 e. The Morgan fingerprint density at radius 1 is 1.29 bits per heavy atom. The molecule has 21 heavy (non-hydrogen) atoms. The van der Waals surface area contributed by atoms with Crippen molar-refractivity contribution in [2.75, 3.05) is 6.54 Å². The zero-order chi connectivity index (χ0) is 15.7. The maximum atomic E-state index is 6.24. The van der Waals surface area contributed by atoms with Crippen molar-refractivity contribution in [2.45, 2.75) is 46.1 Å². The van der Waals surface area contributed by atoms with E-state index in [1.807, 2.05) is 17.2 Å². The van der Waals surface area contributed by atoms with E-state index in [1.54, 1.807) is 0 Å². The maximum Gasteiger partial charge on any atom is 0.111 e. The van der Waals surface area contributed by atoms with Gasteiger partial charge in [0, 0.05) is 5.70 Å². The molecule has 2 heteroatoms. The molecule has 0 radical (unpaired) electrons. The quantitative estimate of drug-likeness (QED) is 0.416. The van der Waals surface area contributed by atoms with Crippen LogP contribution in [0.4, 0.5) is 0 Å². The highest BCUT2D eigenvalue weighted by Gasteiger charge is 2.17. The van der Waals surface area contributed by atoms with E-state index < -0.39 is 0 Å². The van der Waals surface area contributed by atoms with Crippen LogP contribution in [0.1, 0.15) is 51.7 Å². The lowest BCUT2D eigenvalue weighted by Gasteiger charge is -2.30. The molecule has 0 bridgehead atoms. The Labute approximate surface area is 130 Å². The molecule has 0 aromatic heterocycles. The summed E-state index contributed by atoms with van der Waals surface area (Å²) in [5.74, 6) is 0.565. The summed E-state index contributed by atoms with van der Waals surface area (Å²) in [7, 11) is 0. The van der Waals surface area contributed by atoms with E-state index in [0.29, 0.717) is 12.5 Å². The van der Waals surface area contributed by atoms with Gasteiger partial charge in [-0.15, -0.1) is 6.58 Å². The highest BCUT2D eigenvalue weighted by atomic mass is 16.7. The fourth-order valence-corrected chi connectivity index (χ4v) is 2.30. The Morgan fingerprint density at radius 2 is 1.95 bits per heavy atom. The number of allylic oxidation sites excluding steroid dienone is 1. The molecular formula is C19H29NO. The average molecular weight is 287 g/mol. The lowest BCUT2D eigenvalue weighted by Crippen LogP contribution is -2.26. The Kier molecular flexibility index (Phi) is 7.84. The average Bonchev–Trinajstić information content (AvgIpc) is 2.46. The largest absolute Gasteiger partial charge is 0.265 e. The third kappa shape index (κ3) is 6.17. The van der Waals surface area contributed by atoms with E-state index >= 15 is 0 Å². The van der Waals surface area contributed by atoms with Crippen LogP contribution >= 0.6 is 0 Å². The van der Waals surface area contributed by atoms with Crippen molar-refractivity contribution in [1.29, 1.82) is 0 Å². The Bertz CT molecular complexity index is 424. The normalized spacial score (nSPS) is 12.2. The molecule has 0 aliphatic heterocycles. The standard InChI is InChI=1S/C19H29NO/c1-6-11-19(18-12-9-8-10-13-18)21-20(14-7-2)17(5)15-16(3)4/h7-10,12-13,16,19H,2,5-6,11,14-15H2,1,3-4H3. The fraction of sp³-hybridized carbons (Fsp3) is 0.474. The van der Waals surface area contributed by atoms with Gasteiger partial charge >= 0.3 is 0 Å². The van der Waals surface area contributed by atoms with Gasteiger partial charge < -0.3 is 0 Å². The molecule has 1 aromatic carbocycles. The lowest BCUT2D eigenvalue weighted by atomic mass is 10.1. The first-order chi connectivity index (χ1) is 10.1. The van der Waals surface area contributed by atoms with Crippen LogP contribution in [0.15, 0.2) is 55.3 Å².